The van der Waals surface area contributed by atoms with Gasteiger partial charge in [0.1, 0.15) is 17.9 Å². The molecule has 0 spiro atoms. The molecule has 1 aliphatic heterocycles. The van der Waals surface area contributed by atoms with Crippen LogP contribution in [0.25, 0.3) is 0 Å². The summed E-state index contributed by atoms with van der Waals surface area (Å²) in [7, 11) is 1.57. The number of nitrogens with one attached hydrogen (secondary N) is 1. The second-order valence-corrected chi connectivity index (χ2v) is 6.09. The molecule has 3 aromatic rings. The van der Waals surface area contributed by atoms with Crippen molar-refractivity contribution in [3.63, 3.8) is 0 Å². The number of nitrogens with zero attached hydrogens (tertiary/aromatic N) is 2. The molecule has 28 heavy (non-hydrogen) atoms. The van der Waals surface area contributed by atoms with Crippen LogP contribution >= 0.6 is 0 Å². The molecule has 0 saturated heterocycles. The van der Waals surface area contributed by atoms with Gasteiger partial charge in [-0.05, 0) is 48.5 Å². The van der Waals surface area contributed by atoms with E-state index in [2.05, 4.69) is 10.3 Å². The van der Waals surface area contributed by atoms with Gasteiger partial charge >= 0.3 is 0 Å². The maximum atomic E-state index is 13.1. The average molecular weight is 375 g/mol. The van der Waals surface area contributed by atoms with E-state index in [9.17, 15) is 9.59 Å². The van der Waals surface area contributed by atoms with Gasteiger partial charge < -0.3 is 14.8 Å². The molecule has 4 rings (SSSR count). The predicted octanol–water partition coefficient (Wildman–Crippen LogP) is 3.48. The molecule has 2 amide bonds. The van der Waals surface area contributed by atoms with Crippen LogP contribution in [-0.4, -0.2) is 30.5 Å². The fraction of sp³-hybridized carbons (Fsp3) is 0.0952. The normalized spacial score (nSPS) is 12.3. The lowest BCUT2D eigenvalue weighted by atomic mass is 10.2. The summed E-state index contributed by atoms with van der Waals surface area (Å²) in [4.78, 5) is 31.2. The number of pyridine rings is 1. The topological polar surface area (TPSA) is 80.8 Å². The lowest BCUT2D eigenvalue weighted by Gasteiger charge is -2.21. The Morgan fingerprint density at radius 1 is 1.11 bits per heavy atom. The van der Waals surface area contributed by atoms with Crippen molar-refractivity contribution < 1.29 is 19.1 Å². The van der Waals surface area contributed by atoms with Crippen molar-refractivity contribution in [1.29, 1.82) is 0 Å². The van der Waals surface area contributed by atoms with Gasteiger partial charge in [0, 0.05) is 11.9 Å². The molecule has 2 aromatic carbocycles. The molecule has 0 unspecified atom stereocenters. The number of ether oxygens (including phenoxy) is 2. The second kappa shape index (κ2) is 7.40. The van der Waals surface area contributed by atoms with Gasteiger partial charge in [-0.2, -0.15) is 0 Å². The number of rotatable bonds is 4. The first-order valence-electron chi connectivity index (χ1n) is 8.63. The average Bonchev–Trinajstić information content (AvgIpc) is 2.84. The van der Waals surface area contributed by atoms with Crippen LogP contribution in [0.1, 0.15) is 10.4 Å². The molecule has 7 nitrogen and oxygen atoms in total. The number of amides is 2. The number of carbonyl (C=O) groups is 2. The standard InChI is InChI=1S/C21H17N3O4/c1-27-15-10-8-14(9-11-15)23-19(25)13-24-17-6-2-3-7-18(17)28-20-16(21(24)26)5-4-12-22-20/h2-12H,13H2,1H3,(H,23,25). The van der Waals surface area contributed by atoms with E-state index in [-0.39, 0.29) is 24.2 Å². The number of methoxy groups -OCH3 is 1. The quantitative estimate of drug-likeness (QED) is 0.755. The summed E-state index contributed by atoms with van der Waals surface area (Å²) in [6.07, 6.45) is 1.56. The highest BCUT2D eigenvalue weighted by atomic mass is 16.5. The van der Waals surface area contributed by atoms with E-state index in [0.29, 0.717) is 28.4 Å². The third-order valence-electron chi connectivity index (χ3n) is 4.28. The van der Waals surface area contributed by atoms with Crippen LogP contribution in [0.3, 0.4) is 0 Å². The minimum Gasteiger partial charge on any atom is -0.497 e. The van der Waals surface area contributed by atoms with Crippen LogP contribution in [0.5, 0.6) is 17.4 Å². The van der Waals surface area contributed by atoms with E-state index in [1.54, 1.807) is 74.0 Å². The van der Waals surface area contributed by atoms with Gasteiger partial charge in [0.15, 0.2) is 5.75 Å². The molecule has 1 aromatic heterocycles. The van der Waals surface area contributed by atoms with Crippen molar-refractivity contribution in [2.24, 2.45) is 0 Å². The number of hydrogen-bond acceptors (Lipinski definition) is 5. The number of aromatic nitrogens is 1. The fourth-order valence-electron chi connectivity index (χ4n) is 2.94. The van der Waals surface area contributed by atoms with Crippen molar-refractivity contribution >= 4 is 23.2 Å². The lowest BCUT2D eigenvalue weighted by Crippen LogP contribution is -2.37. The summed E-state index contributed by atoms with van der Waals surface area (Å²) in [5.74, 6) is 0.693. The lowest BCUT2D eigenvalue weighted by molar-refractivity contribution is -0.114. The Balaban J connectivity index is 1.61. The van der Waals surface area contributed by atoms with E-state index in [1.165, 1.54) is 4.90 Å². The number of benzene rings is 2. The highest BCUT2D eigenvalue weighted by Gasteiger charge is 2.30. The summed E-state index contributed by atoms with van der Waals surface area (Å²) < 4.78 is 10.9. The van der Waals surface area contributed by atoms with Crippen molar-refractivity contribution in [3.8, 4) is 17.4 Å². The molecule has 0 fully saturated rings. The Morgan fingerprint density at radius 2 is 1.89 bits per heavy atom. The van der Waals surface area contributed by atoms with Gasteiger partial charge in [-0.3, -0.25) is 14.5 Å². The van der Waals surface area contributed by atoms with Gasteiger partial charge in [0.05, 0.1) is 12.8 Å². The Morgan fingerprint density at radius 3 is 2.68 bits per heavy atom. The Hall–Kier alpha value is -3.87. The molecule has 140 valence electrons. The molecule has 1 aliphatic rings. The maximum Gasteiger partial charge on any atom is 0.264 e. The van der Waals surface area contributed by atoms with E-state index >= 15 is 0 Å². The summed E-state index contributed by atoms with van der Waals surface area (Å²) in [5, 5.41) is 2.79. The zero-order valence-electron chi connectivity index (χ0n) is 15.1. The van der Waals surface area contributed by atoms with Crippen molar-refractivity contribution in [2.75, 3.05) is 23.9 Å². The van der Waals surface area contributed by atoms with E-state index in [0.717, 1.165) is 0 Å². The summed E-state index contributed by atoms with van der Waals surface area (Å²) in [6.45, 7) is -0.167. The summed E-state index contributed by atoms with van der Waals surface area (Å²) in [6, 6.07) is 17.3. The summed E-state index contributed by atoms with van der Waals surface area (Å²) in [5.41, 5.74) is 1.42. The van der Waals surface area contributed by atoms with Crippen LogP contribution in [0.4, 0.5) is 11.4 Å². The SMILES string of the molecule is COc1ccc(NC(=O)CN2C(=O)c3cccnc3Oc3ccccc32)cc1. The third-order valence-corrected chi connectivity index (χ3v) is 4.28. The molecular weight excluding hydrogens is 358 g/mol. The molecule has 1 N–H and O–H groups in total. The zero-order valence-corrected chi connectivity index (χ0v) is 15.1. The number of hydrogen-bond donors (Lipinski definition) is 1. The van der Waals surface area contributed by atoms with Crippen molar-refractivity contribution in [2.45, 2.75) is 0 Å². The second-order valence-electron chi connectivity index (χ2n) is 6.09. The van der Waals surface area contributed by atoms with Crippen molar-refractivity contribution in [1.82, 2.24) is 4.98 Å². The molecule has 0 radical (unpaired) electrons. The van der Waals surface area contributed by atoms with Crippen LogP contribution in [0, 0.1) is 0 Å². The highest BCUT2D eigenvalue weighted by molar-refractivity contribution is 6.12. The molecule has 0 bridgehead atoms. The first-order valence-corrected chi connectivity index (χ1v) is 8.63. The third kappa shape index (κ3) is 3.37. The van der Waals surface area contributed by atoms with Crippen LogP contribution < -0.4 is 19.7 Å². The van der Waals surface area contributed by atoms with E-state index in [1.807, 2.05) is 0 Å². The first kappa shape index (κ1) is 17.5. The van der Waals surface area contributed by atoms with E-state index < -0.39 is 0 Å². The molecule has 2 heterocycles. The molecular formula is C21H17N3O4. The highest BCUT2D eigenvalue weighted by Crippen LogP contribution is 2.37. The van der Waals surface area contributed by atoms with Crippen molar-refractivity contribution in [3.05, 3.63) is 72.4 Å². The van der Waals surface area contributed by atoms with E-state index in [4.69, 9.17) is 9.47 Å². The van der Waals surface area contributed by atoms with Gasteiger partial charge in [-0.15, -0.1) is 0 Å². The Bertz CT molecular complexity index is 1030. The Kier molecular flexibility index (Phi) is 4.63. The van der Waals surface area contributed by atoms with Gasteiger partial charge in [-0.1, -0.05) is 12.1 Å². The fourth-order valence-corrected chi connectivity index (χ4v) is 2.94. The minimum absolute atomic E-state index is 0.167. The minimum atomic E-state index is -0.349. The maximum absolute atomic E-state index is 13.1. The number of anilines is 2. The Labute approximate surface area is 161 Å². The monoisotopic (exact) mass is 375 g/mol. The van der Waals surface area contributed by atoms with Gasteiger partial charge in [0.25, 0.3) is 5.91 Å². The van der Waals surface area contributed by atoms with Crippen LogP contribution in [0.15, 0.2) is 66.9 Å². The molecule has 0 aliphatic carbocycles. The number of para-hydroxylation sites is 2. The molecule has 0 atom stereocenters. The van der Waals surface area contributed by atoms with Crippen LogP contribution in [-0.2, 0) is 4.79 Å². The zero-order chi connectivity index (χ0) is 19.5. The van der Waals surface area contributed by atoms with Gasteiger partial charge in [-0.25, -0.2) is 4.98 Å². The molecule has 7 heteroatoms. The predicted molar refractivity (Wildman–Crippen MR) is 104 cm³/mol. The first-order chi connectivity index (χ1) is 13.7. The van der Waals surface area contributed by atoms with Crippen LogP contribution in [0.2, 0.25) is 0 Å². The molecule has 0 saturated carbocycles. The summed E-state index contributed by atoms with van der Waals surface area (Å²) >= 11 is 0. The number of carbonyl (C=O) groups excluding carboxylic acids is 2. The largest absolute Gasteiger partial charge is 0.497 e. The number of fused-ring (bicyclic) bond motifs is 2. The van der Waals surface area contributed by atoms with Gasteiger partial charge in [0.2, 0.25) is 11.8 Å². The smallest absolute Gasteiger partial charge is 0.264 e.